The Morgan fingerprint density at radius 3 is 2.03 bits per heavy atom. The van der Waals surface area contributed by atoms with Crippen molar-refractivity contribution in [1.29, 1.82) is 0 Å². The largest absolute Gasteiger partial charge is 0.363 e. The van der Waals surface area contributed by atoms with Crippen LogP contribution in [-0.2, 0) is 0 Å². The Hall–Kier alpha value is -3.63. The summed E-state index contributed by atoms with van der Waals surface area (Å²) in [5, 5.41) is 30.8. The highest BCUT2D eigenvalue weighted by molar-refractivity contribution is 7.19. The van der Waals surface area contributed by atoms with Crippen molar-refractivity contribution >= 4 is 60.6 Å². The molecule has 0 aliphatic carbocycles. The first-order valence-electron chi connectivity index (χ1n) is 11.3. The lowest BCUT2D eigenvalue weighted by Gasteiger charge is -2.13. The van der Waals surface area contributed by atoms with E-state index in [0.717, 1.165) is 52.0 Å². The van der Waals surface area contributed by atoms with Gasteiger partial charge in [0.15, 0.2) is 0 Å². The number of benzene rings is 2. The van der Waals surface area contributed by atoms with Gasteiger partial charge in [-0.3, -0.25) is 0 Å². The Labute approximate surface area is 211 Å². The van der Waals surface area contributed by atoms with Gasteiger partial charge in [-0.15, -0.1) is 31.8 Å². The third kappa shape index (κ3) is 5.90. The fraction of sp³-hybridized carbons (Fsp3) is 0.240. The van der Waals surface area contributed by atoms with E-state index in [9.17, 15) is 0 Å². The van der Waals surface area contributed by atoms with Gasteiger partial charge in [0, 0.05) is 24.7 Å². The molecule has 1 aliphatic rings. The summed E-state index contributed by atoms with van der Waals surface area (Å²) >= 11 is 3.13. The normalized spacial score (nSPS) is 14.3. The zero-order valence-corrected chi connectivity index (χ0v) is 21.1. The van der Waals surface area contributed by atoms with Crippen molar-refractivity contribution in [3.05, 3.63) is 71.2 Å². The number of thiazole rings is 1. The van der Waals surface area contributed by atoms with Crippen LogP contribution in [0.1, 0.15) is 24.0 Å². The Kier molecular flexibility index (Phi) is 7.10. The summed E-state index contributed by atoms with van der Waals surface area (Å²) in [5.41, 5.74) is 5.08. The number of aromatic nitrogens is 1. The maximum Gasteiger partial charge on any atom is 0.229 e. The highest BCUT2D eigenvalue weighted by Gasteiger charge is 2.14. The molecule has 0 bridgehead atoms. The molecule has 0 unspecified atom stereocenters. The van der Waals surface area contributed by atoms with E-state index in [2.05, 4.69) is 46.6 Å². The average molecular weight is 501 g/mol. The fourth-order valence-electron chi connectivity index (χ4n) is 3.69. The number of rotatable bonds is 7. The van der Waals surface area contributed by atoms with Crippen molar-refractivity contribution < 1.29 is 0 Å². The van der Waals surface area contributed by atoms with Crippen molar-refractivity contribution in [1.82, 2.24) is 4.98 Å². The molecule has 176 valence electrons. The summed E-state index contributed by atoms with van der Waals surface area (Å²) in [6.45, 7) is 6.24. The second kappa shape index (κ2) is 10.7. The van der Waals surface area contributed by atoms with E-state index in [0.29, 0.717) is 5.13 Å². The zero-order chi connectivity index (χ0) is 24.0. The number of hydrogen-bond acceptors (Lipinski definition) is 10. The molecule has 0 amide bonds. The third-order valence-corrected chi connectivity index (χ3v) is 7.24. The molecular weight excluding hydrogens is 476 g/mol. The molecule has 2 aromatic heterocycles. The molecule has 35 heavy (non-hydrogen) atoms. The first-order valence-corrected chi connectivity index (χ1v) is 13.0. The molecule has 0 saturated carbocycles. The van der Waals surface area contributed by atoms with Crippen LogP contribution in [0.25, 0.3) is 0 Å². The van der Waals surface area contributed by atoms with Crippen LogP contribution in [0.3, 0.4) is 0 Å². The lowest BCUT2D eigenvalue weighted by Crippen LogP contribution is -2.15. The molecule has 0 radical (unpaired) electrons. The standard InChI is InChI=1S/C25H24N8S2/c1-17-16-20(28-31-23-9-10-24(35-23)33-12-3-4-13-33)6-7-21(17)29-27-19-5-8-22(18(2)15-19)30-32-25-26-11-14-34-25/h5-11,14-16H,3-4,12-13H2,1-2H3. The number of aryl methyl sites for hydroxylation is 2. The van der Waals surface area contributed by atoms with E-state index in [1.165, 1.54) is 29.2 Å². The molecule has 8 nitrogen and oxygen atoms in total. The summed E-state index contributed by atoms with van der Waals surface area (Å²) in [7, 11) is 0. The van der Waals surface area contributed by atoms with Gasteiger partial charge in [-0.25, -0.2) is 4.98 Å². The van der Waals surface area contributed by atoms with Crippen molar-refractivity contribution in [2.45, 2.75) is 26.7 Å². The van der Waals surface area contributed by atoms with Gasteiger partial charge in [-0.05, 0) is 86.3 Å². The zero-order valence-electron chi connectivity index (χ0n) is 19.5. The van der Waals surface area contributed by atoms with Crippen LogP contribution in [0, 0.1) is 13.8 Å². The first kappa shape index (κ1) is 23.1. The van der Waals surface area contributed by atoms with Crippen LogP contribution in [0.15, 0.2) is 90.8 Å². The van der Waals surface area contributed by atoms with E-state index in [1.54, 1.807) is 17.5 Å². The molecule has 10 heteroatoms. The highest BCUT2D eigenvalue weighted by atomic mass is 32.1. The van der Waals surface area contributed by atoms with Crippen molar-refractivity contribution in [2.75, 3.05) is 18.0 Å². The predicted octanol–water partition coefficient (Wildman–Crippen LogP) is 9.67. The molecule has 1 saturated heterocycles. The Bertz CT molecular complexity index is 1380. The van der Waals surface area contributed by atoms with Gasteiger partial charge in [0.25, 0.3) is 0 Å². The minimum absolute atomic E-state index is 0.633. The molecule has 1 aliphatic heterocycles. The Morgan fingerprint density at radius 2 is 1.40 bits per heavy atom. The molecule has 0 spiro atoms. The van der Waals surface area contributed by atoms with E-state index in [1.807, 2.05) is 61.7 Å². The highest BCUT2D eigenvalue weighted by Crippen LogP contribution is 2.35. The van der Waals surface area contributed by atoms with Crippen LogP contribution in [-0.4, -0.2) is 18.1 Å². The Morgan fingerprint density at radius 1 is 0.743 bits per heavy atom. The van der Waals surface area contributed by atoms with Crippen molar-refractivity contribution in [2.24, 2.45) is 30.7 Å². The lowest BCUT2D eigenvalue weighted by molar-refractivity contribution is 0.949. The van der Waals surface area contributed by atoms with Gasteiger partial charge < -0.3 is 4.90 Å². The summed E-state index contributed by atoms with van der Waals surface area (Å²) in [6, 6.07) is 15.7. The third-order valence-electron chi connectivity index (χ3n) is 5.56. The topological polar surface area (TPSA) is 90.3 Å². The second-order valence-corrected chi connectivity index (χ2v) is 10.1. The smallest absolute Gasteiger partial charge is 0.229 e. The fourth-order valence-corrected chi connectivity index (χ4v) is 5.02. The quantitative estimate of drug-likeness (QED) is 0.236. The molecule has 4 aromatic rings. The number of thiophene rings is 1. The number of anilines is 1. The summed E-state index contributed by atoms with van der Waals surface area (Å²) in [6.07, 6.45) is 4.24. The van der Waals surface area contributed by atoms with Crippen molar-refractivity contribution in [3.63, 3.8) is 0 Å². The molecule has 1 fully saturated rings. The Balaban J connectivity index is 1.23. The van der Waals surface area contributed by atoms with E-state index in [-0.39, 0.29) is 0 Å². The van der Waals surface area contributed by atoms with Gasteiger partial charge in [0.1, 0.15) is 5.00 Å². The number of azo groups is 3. The van der Waals surface area contributed by atoms with Crippen molar-refractivity contribution in [3.8, 4) is 0 Å². The van der Waals surface area contributed by atoms with Gasteiger partial charge in [0.2, 0.25) is 5.13 Å². The number of nitrogens with zero attached hydrogens (tertiary/aromatic N) is 8. The van der Waals surface area contributed by atoms with Gasteiger partial charge in [-0.1, -0.05) is 11.3 Å². The molecule has 2 aromatic carbocycles. The molecule has 0 N–H and O–H groups in total. The van der Waals surface area contributed by atoms with Crippen LogP contribution >= 0.6 is 22.7 Å². The molecule has 0 atom stereocenters. The van der Waals surface area contributed by atoms with Gasteiger partial charge >= 0.3 is 0 Å². The van der Waals surface area contributed by atoms with E-state index in [4.69, 9.17) is 0 Å². The predicted molar refractivity (Wildman–Crippen MR) is 143 cm³/mol. The monoisotopic (exact) mass is 500 g/mol. The van der Waals surface area contributed by atoms with Gasteiger partial charge in [0.05, 0.1) is 27.8 Å². The summed E-state index contributed by atoms with van der Waals surface area (Å²) < 4.78 is 0. The average Bonchev–Trinajstić information content (AvgIpc) is 3.64. The minimum Gasteiger partial charge on any atom is -0.363 e. The van der Waals surface area contributed by atoms with Crippen LogP contribution in [0.4, 0.5) is 37.9 Å². The molecule has 3 heterocycles. The minimum atomic E-state index is 0.633. The van der Waals surface area contributed by atoms with Crippen LogP contribution in [0.2, 0.25) is 0 Å². The van der Waals surface area contributed by atoms with E-state index < -0.39 is 0 Å². The maximum atomic E-state index is 4.43. The molecular formula is C25H24N8S2. The van der Waals surface area contributed by atoms with E-state index >= 15 is 0 Å². The van der Waals surface area contributed by atoms with Crippen LogP contribution in [0.5, 0.6) is 0 Å². The second-order valence-electron chi connectivity index (χ2n) is 8.16. The van der Waals surface area contributed by atoms with Crippen LogP contribution < -0.4 is 4.90 Å². The SMILES string of the molecule is Cc1cc(N=Nc2ccc(N3CCCC3)s2)ccc1N=Nc1ccc(N=Nc2nccs2)c(C)c1. The first-order chi connectivity index (χ1) is 17.1. The molecule has 5 rings (SSSR count). The maximum absolute atomic E-state index is 4.43. The lowest BCUT2D eigenvalue weighted by atomic mass is 10.2. The number of hydrogen-bond donors (Lipinski definition) is 0. The van der Waals surface area contributed by atoms with Gasteiger partial charge in [-0.2, -0.15) is 10.2 Å². The summed E-state index contributed by atoms with van der Waals surface area (Å²) in [5.74, 6) is 0. The summed E-state index contributed by atoms with van der Waals surface area (Å²) in [4.78, 5) is 6.52.